The van der Waals surface area contributed by atoms with E-state index < -0.39 is 0 Å². The zero-order valence-corrected chi connectivity index (χ0v) is 19.2. The number of ether oxygens (including phenoxy) is 2. The molecular formula is C20H26IN5O3. The van der Waals surface area contributed by atoms with Crippen molar-refractivity contribution < 1.29 is 14.3 Å². The topological polar surface area (TPSA) is 103 Å². The van der Waals surface area contributed by atoms with E-state index in [0.717, 1.165) is 27.7 Å². The van der Waals surface area contributed by atoms with Gasteiger partial charge in [-0.25, -0.2) is 4.98 Å². The van der Waals surface area contributed by atoms with Gasteiger partial charge in [0.05, 0.1) is 23.4 Å². The molecule has 1 aliphatic carbocycles. The summed E-state index contributed by atoms with van der Waals surface area (Å²) in [5.41, 5.74) is 7.05. The van der Waals surface area contributed by atoms with Gasteiger partial charge in [-0.2, -0.15) is 4.98 Å². The number of rotatable bonds is 8. The molecule has 156 valence electrons. The summed E-state index contributed by atoms with van der Waals surface area (Å²) >= 11 is 2.20. The lowest BCUT2D eigenvalue weighted by molar-refractivity contribution is -0.117. The molecule has 0 saturated heterocycles. The van der Waals surface area contributed by atoms with Crippen LogP contribution in [0.2, 0.25) is 0 Å². The van der Waals surface area contributed by atoms with Crippen LogP contribution in [0.1, 0.15) is 38.2 Å². The smallest absolute Gasteiger partial charge is 0.240 e. The van der Waals surface area contributed by atoms with Gasteiger partial charge < -0.3 is 15.2 Å². The molecule has 0 spiro atoms. The van der Waals surface area contributed by atoms with Crippen LogP contribution in [-0.4, -0.2) is 47.5 Å². The maximum absolute atomic E-state index is 12.1. The quantitative estimate of drug-likeness (QED) is 0.522. The SMILES string of the molecule is COc1cc(C(C)C)c(Oc2cnc(NC(=O)CN(C)C3CC3)nc2N)cc1I. The van der Waals surface area contributed by atoms with Gasteiger partial charge in [-0.1, -0.05) is 13.8 Å². The maximum Gasteiger partial charge on any atom is 0.240 e. The van der Waals surface area contributed by atoms with Crippen LogP contribution in [0.15, 0.2) is 18.3 Å². The van der Waals surface area contributed by atoms with E-state index in [4.69, 9.17) is 15.2 Å². The number of nitrogens with two attached hydrogens (primary N) is 1. The number of carbonyl (C=O) groups is 1. The molecule has 1 heterocycles. The first kappa shape index (κ1) is 21.6. The van der Waals surface area contributed by atoms with Crippen LogP contribution in [0.5, 0.6) is 17.2 Å². The minimum Gasteiger partial charge on any atom is -0.496 e. The first-order valence-electron chi connectivity index (χ1n) is 9.46. The monoisotopic (exact) mass is 511 g/mol. The molecule has 1 fully saturated rings. The van der Waals surface area contributed by atoms with E-state index in [0.29, 0.717) is 24.1 Å². The number of halogens is 1. The van der Waals surface area contributed by atoms with E-state index in [-0.39, 0.29) is 23.6 Å². The number of nitrogens with zero attached hydrogens (tertiary/aromatic N) is 3. The Morgan fingerprint density at radius 1 is 1.34 bits per heavy atom. The van der Waals surface area contributed by atoms with Gasteiger partial charge in [-0.05, 0) is 60.5 Å². The summed E-state index contributed by atoms with van der Waals surface area (Å²) in [6, 6.07) is 4.37. The highest BCUT2D eigenvalue weighted by Crippen LogP contribution is 2.37. The van der Waals surface area contributed by atoms with Crippen LogP contribution in [0.4, 0.5) is 11.8 Å². The number of nitrogens with one attached hydrogen (secondary N) is 1. The van der Waals surface area contributed by atoms with Crippen molar-refractivity contribution in [3.8, 4) is 17.2 Å². The second kappa shape index (κ2) is 9.12. The van der Waals surface area contributed by atoms with Crippen LogP contribution >= 0.6 is 22.6 Å². The fourth-order valence-electron chi connectivity index (χ4n) is 2.92. The summed E-state index contributed by atoms with van der Waals surface area (Å²) in [6.45, 7) is 4.45. The van der Waals surface area contributed by atoms with Crippen molar-refractivity contribution in [2.45, 2.75) is 38.6 Å². The lowest BCUT2D eigenvalue weighted by atomic mass is 10.0. The third-order valence-electron chi connectivity index (χ3n) is 4.72. The average Bonchev–Trinajstić information content (AvgIpc) is 3.49. The molecule has 8 nitrogen and oxygen atoms in total. The van der Waals surface area contributed by atoms with E-state index in [9.17, 15) is 4.79 Å². The second-order valence-corrected chi connectivity index (χ2v) is 8.58. The molecule has 0 unspecified atom stereocenters. The van der Waals surface area contributed by atoms with E-state index in [2.05, 4.69) is 51.7 Å². The third-order valence-corrected chi connectivity index (χ3v) is 5.57. The number of likely N-dealkylation sites (N-methyl/N-ethyl adjacent to an activating group) is 1. The van der Waals surface area contributed by atoms with Gasteiger partial charge in [-0.3, -0.25) is 15.0 Å². The number of hydrogen-bond donors (Lipinski definition) is 2. The minimum absolute atomic E-state index is 0.159. The summed E-state index contributed by atoms with van der Waals surface area (Å²) < 4.78 is 12.3. The normalized spacial score (nSPS) is 13.6. The van der Waals surface area contributed by atoms with Gasteiger partial charge >= 0.3 is 0 Å². The molecule has 2 aromatic rings. The van der Waals surface area contributed by atoms with Gasteiger partial charge in [0.25, 0.3) is 0 Å². The van der Waals surface area contributed by atoms with E-state index >= 15 is 0 Å². The molecule has 0 aliphatic heterocycles. The highest BCUT2D eigenvalue weighted by molar-refractivity contribution is 14.1. The van der Waals surface area contributed by atoms with Crippen molar-refractivity contribution in [2.24, 2.45) is 0 Å². The van der Waals surface area contributed by atoms with Gasteiger partial charge in [-0.15, -0.1) is 0 Å². The zero-order valence-electron chi connectivity index (χ0n) is 17.0. The summed E-state index contributed by atoms with van der Waals surface area (Å²) in [4.78, 5) is 22.5. The van der Waals surface area contributed by atoms with Gasteiger partial charge in [0.15, 0.2) is 11.6 Å². The van der Waals surface area contributed by atoms with Crippen LogP contribution in [0.3, 0.4) is 0 Å². The fraction of sp³-hybridized carbons (Fsp3) is 0.450. The number of methoxy groups -OCH3 is 1. The first-order valence-corrected chi connectivity index (χ1v) is 10.5. The molecule has 0 atom stereocenters. The van der Waals surface area contributed by atoms with Gasteiger partial charge in [0.1, 0.15) is 11.5 Å². The molecule has 9 heteroatoms. The zero-order chi connectivity index (χ0) is 21.1. The van der Waals surface area contributed by atoms with Gasteiger partial charge in [0.2, 0.25) is 11.9 Å². The Labute approximate surface area is 184 Å². The molecule has 1 aromatic heterocycles. The molecule has 0 bridgehead atoms. The summed E-state index contributed by atoms with van der Waals surface area (Å²) in [7, 11) is 3.58. The van der Waals surface area contributed by atoms with Crippen molar-refractivity contribution in [1.82, 2.24) is 14.9 Å². The number of amides is 1. The highest BCUT2D eigenvalue weighted by atomic mass is 127. The maximum atomic E-state index is 12.1. The Morgan fingerprint density at radius 2 is 2.07 bits per heavy atom. The van der Waals surface area contributed by atoms with Crippen LogP contribution in [-0.2, 0) is 4.79 Å². The van der Waals surface area contributed by atoms with E-state index in [1.807, 2.05) is 24.1 Å². The molecule has 3 N–H and O–H groups in total. The number of anilines is 2. The standard InChI is InChI=1S/C20H26IN5O3/c1-11(2)13-7-16(28-4)14(21)8-15(13)29-17-9-23-20(25-19(17)22)24-18(27)10-26(3)12-5-6-12/h7-9,11-12H,5-6,10H2,1-4H3,(H3,22,23,24,25,27). The molecule has 29 heavy (non-hydrogen) atoms. The minimum atomic E-state index is -0.167. The molecule has 1 amide bonds. The fourth-order valence-corrected chi connectivity index (χ4v) is 3.58. The van der Waals surface area contributed by atoms with Crippen LogP contribution < -0.4 is 20.5 Å². The van der Waals surface area contributed by atoms with Crippen LogP contribution in [0.25, 0.3) is 0 Å². The predicted octanol–water partition coefficient (Wildman–Crippen LogP) is 3.62. The molecule has 1 saturated carbocycles. The van der Waals surface area contributed by atoms with Crippen molar-refractivity contribution in [2.75, 3.05) is 31.8 Å². The largest absolute Gasteiger partial charge is 0.496 e. The highest BCUT2D eigenvalue weighted by Gasteiger charge is 2.27. The molecule has 0 radical (unpaired) electrons. The predicted molar refractivity (Wildman–Crippen MR) is 121 cm³/mol. The Hall–Kier alpha value is -2.14. The number of carbonyl (C=O) groups excluding carboxylic acids is 1. The molecule has 1 aliphatic rings. The number of aromatic nitrogens is 2. The average molecular weight is 511 g/mol. The summed E-state index contributed by atoms with van der Waals surface area (Å²) in [6.07, 6.45) is 3.76. The Balaban J connectivity index is 1.74. The Morgan fingerprint density at radius 3 is 2.66 bits per heavy atom. The molecular weight excluding hydrogens is 485 g/mol. The van der Waals surface area contributed by atoms with Crippen molar-refractivity contribution in [3.05, 3.63) is 27.5 Å². The number of benzene rings is 1. The second-order valence-electron chi connectivity index (χ2n) is 7.42. The van der Waals surface area contributed by atoms with E-state index in [1.54, 1.807) is 7.11 Å². The summed E-state index contributed by atoms with van der Waals surface area (Å²) in [5.74, 6) is 2.17. The Kier molecular flexibility index (Phi) is 6.78. The molecule has 3 rings (SSSR count). The van der Waals surface area contributed by atoms with Crippen molar-refractivity contribution in [1.29, 1.82) is 0 Å². The number of hydrogen-bond acceptors (Lipinski definition) is 7. The van der Waals surface area contributed by atoms with Crippen molar-refractivity contribution in [3.63, 3.8) is 0 Å². The Bertz CT molecular complexity index is 902. The van der Waals surface area contributed by atoms with E-state index in [1.165, 1.54) is 6.20 Å². The van der Waals surface area contributed by atoms with Gasteiger partial charge in [0, 0.05) is 11.6 Å². The van der Waals surface area contributed by atoms with Crippen LogP contribution in [0, 0.1) is 3.57 Å². The van der Waals surface area contributed by atoms with Crippen molar-refractivity contribution >= 4 is 40.3 Å². The third kappa shape index (κ3) is 5.47. The lowest BCUT2D eigenvalue weighted by Crippen LogP contribution is -2.32. The lowest BCUT2D eigenvalue weighted by Gasteiger charge is -2.17. The number of nitrogen functional groups attached to an aromatic ring is 1. The summed E-state index contributed by atoms with van der Waals surface area (Å²) in [5, 5.41) is 2.69. The molecule has 1 aromatic carbocycles. The first-order chi connectivity index (χ1) is 13.8.